The number of hydrogen-bond donors (Lipinski definition) is 1. The van der Waals surface area contributed by atoms with Gasteiger partial charge in [0.15, 0.2) is 5.82 Å². The molecule has 0 spiro atoms. The average molecular weight is 479 g/mol. The number of nitrogens with one attached hydrogen (secondary N) is 1. The highest BCUT2D eigenvalue weighted by Crippen LogP contribution is 2.26. The molecule has 3 aromatic rings. The van der Waals surface area contributed by atoms with Crippen LogP contribution in [0.1, 0.15) is 12.5 Å². The maximum Gasteiger partial charge on any atom is 0.266 e. The Balaban J connectivity index is 1.81. The fourth-order valence-electron chi connectivity index (χ4n) is 2.21. The summed E-state index contributed by atoms with van der Waals surface area (Å²) in [6.07, 6.45) is 4.42. The van der Waals surface area contributed by atoms with Crippen molar-refractivity contribution in [2.75, 3.05) is 4.72 Å². The quantitative estimate of drug-likeness (QED) is 0.580. The van der Waals surface area contributed by atoms with E-state index in [1.165, 1.54) is 17.1 Å². The fraction of sp³-hybridized carbons (Fsp3) is 0.200. The number of rotatable bonds is 6. The molecule has 7 nitrogen and oxygen atoms in total. The van der Waals surface area contributed by atoms with Gasteiger partial charge in [0.25, 0.3) is 10.0 Å². The summed E-state index contributed by atoms with van der Waals surface area (Å²) >= 11 is 15.4. The molecule has 0 amide bonds. The zero-order valence-electron chi connectivity index (χ0n) is 13.5. The van der Waals surface area contributed by atoms with E-state index in [2.05, 4.69) is 30.8 Å². The lowest BCUT2D eigenvalue weighted by molar-refractivity contribution is 0.600. The lowest BCUT2D eigenvalue weighted by Crippen LogP contribution is -2.13. The third-order valence-electron chi connectivity index (χ3n) is 3.54. The van der Waals surface area contributed by atoms with Crippen LogP contribution in [0.5, 0.6) is 0 Å². The van der Waals surface area contributed by atoms with E-state index in [1.807, 2.05) is 6.92 Å². The van der Waals surface area contributed by atoms with Crippen LogP contribution in [0.15, 0.2) is 46.2 Å². The molecule has 138 valence electrons. The van der Waals surface area contributed by atoms with Gasteiger partial charge in [-0.2, -0.15) is 10.2 Å². The second-order valence-corrected chi connectivity index (χ2v) is 8.78. The van der Waals surface area contributed by atoms with Gasteiger partial charge in [0.2, 0.25) is 0 Å². The first-order chi connectivity index (χ1) is 12.3. The third kappa shape index (κ3) is 4.22. The molecule has 3 rings (SSSR count). The van der Waals surface area contributed by atoms with Crippen LogP contribution in [0.2, 0.25) is 10.0 Å². The Labute approximate surface area is 169 Å². The number of halogens is 3. The molecule has 26 heavy (non-hydrogen) atoms. The van der Waals surface area contributed by atoms with Crippen LogP contribution in [0, 0.1) is 0 Å². The minimum atomic E-state index is -3.78. The van der Waals surface area contributed by atoms with Crippen molar-refractivity contribution in [3.63, 3.8) is 0 Å². The number of aryl methyl sites for hydroxylation is 1. The molecule has 1 N–H and O–H groups in total. The molecule has 0 unspecified atom stereocenters. The molecular weight excluding hydrogens is 465 g/mol. The summed E-state index contributed by atoms with van der Waals surface area (Å²) in [5.74, 6) is 0.180. The number of anilines is 1. The van der Waals surface area contributed by atoms with E-state index in [-0.39, 0.29) is 10.7 Å². The van der Waals surface area contributed by atoms with Crippen molar-refractivity contribution in [2.45, 2.75) is 24.9 Å². The van der Waals surface area contributed by atoms with E-state index in [0.717, 1.165) is 5.56 Å². The number of hydrogen-bond acceptors (Lipinski definition) is 4. The Morgan fingerprint density at radius 2 is 2.00 bits per heavy atom. The first-order valence-corrected chi connectivity index (χ1v) is 10.5. The van der Waals surface area contributed by atoms with E-state index in [9.17, 15) is 8.42 Å². The van der Waals surface area contributed by atoms with Crippen molar-refractivity contribution in [1.29, 1.82) is 0 Å². The molecule has 0 aliphatic rings. The largest absolute Gasteiger partial charge is 0.272 e. The van der Waals surface area contributed by atoms with Gasteiger partial charge in [-0.15, -0.1) is 0 Å². The number of benzene rings is 1. The zero-order valence-corrected chi connectivity index (χ0v) is 17.4. The fourth-order valence-corrected chi connectivity index (χ4v) is 4.20. The summed E-state index contributed by atoms with van der Waals surface area (Å²) in [7, 11) is -3.78. The van der Waals surface area contributed by atoms with Gasteiger partial charge in [-0.25, -0.2) is 8.42 Å². The molecule has 0 bridgehead atoms. The summed E-state index contributed by atoms with van der Waals surface area (Å²) < 4.78 is 31.0. The zero-order chi connectivity index (χ0) is 18.9. The van der Waals surface area contributed by atoms with Gasteiger partial charge >= 0.3 is 0 Å². The van der Waals surface area contributed by atoms with Gasteiger partial charge in [0.05, 0.1) is 17.2 Å². The maximum absolute atomic E-state index is 12.5. The van der Waals surface area contributed by atoms with Crippen LogP contribution < -0.4 is 4.72 Å². The predicted octanol–water partition coefficient (Wildman–Crippen LogP) is 4.02. The van der Waals surface area contributed by atoms with Gasteiger partial charge in [-0.3, -0.25) is 14.1 Å². The molecular formula is C15H14BrCl2N5O2S. The van der Waals surface area contributed by atoms with Crippen molar-refractivity contribution >= 4 is 55.0 Å². The molecule has 0 atom stereocenters. The number of aromatic nitrogens is 4. The van der Waals surface area contributed by atoms with Crippen molar-refractivity contribution in [3.05, 3.63) is 56.9 Å². The molecule has 0 saturated carbocycles. The van der Waals surface area contributed by atoms with E-state index in [4.69, 9.17) is 23.2 Å². The second-order valence-electron chi connectivity index (χ2n) is 5.40. The smallest absolute Gasteiger partial charge is 0.266 e. The molecule has 0 radical (unpaired) electrons. The highest BCUT2D eigenvalue weighted by Gasteiger charge is 2.20. The summed E-state index contributed by atoms with van der Waals surface area (Å²) in [4.78, 5) is 0.0709. The lowest BCUT2D eigenvalue weighted by atomic mass is 10.2. The van der Waals surface area contributed by atoms with Crippen LogP contribution in [0.25, 0.3) is 0 Å². The minimum Gasteiger partial charge on any atom is -0.272 e. The molecule has 11 heteroatoms. The topological polar surface area (TPSA) is 81.8 Å². The predicted molar refractivity (Wildman–Crippen MR) is 104 cm³/mol. The molecule has 0 fully saturated rings. The SMILES string of the molecule is CCn1cc(S(=O)(=O)Nc2nn(Cc3ccc(Cl)cc3Cl)cc2Br)cn1. The van der Waals surface area contributed by atoms with E-state index >= 15 is 0 Å². The van der Waals surface area contributed by atoms with E-state index in [1.54, 1.807) is 29.1 Å². The number of sulfonamides is 1. The Kier molecular flexibility index (Phi) is 5.61. The molecule has 0 aliphatic heterocycles. The summed E-state index contributed by atoms with van der Waals surface area (Å²) in [5, 5.41) is 9.30. The first kappa shape index (κ1) is 19.2. The van der Waals surface area contributed by atoms with Gasteiger partial charge in [-0.1, -0.05) is 29.3 Å². The Morgan fingerprint density at radius 1 is 1.23 bits per heavy atom. The molecule has 0 aliphatic carbocycles. The van der Waals surface area contributed by atoms with Crippen molar-refractivity contribution in [1.82, 2.24) is 19.6 Å². The molecule has 2 aromatic heterocycles. The molecule has 1 aromatic carbocycles. The average Bonchev–Trinajstić information content (AvgIpc) is 3.18. The first-order valence-electron chi connectivity index (χ1n) is 7.50. The Bertz CT molecular complexity index is 1050. The highest BCUT2D eigenvalue weighted by molar-refractivity contribution is 9.10. The highest BCUT2D eigenvalue weighted by atomic mass is 79.9. The second kappa shape index (κ2) is 7.59. The van der Waals surface area contributed by atoms with E-state index < -0.39 is 10.0 Å². The van der Waals surface area contributed by atoms with Gasteiger partial charge < -0.3 is 0 Å². The standard InChI is InChI=1S/C15H14BrCl2N5O2S/c1-2-22-8-12(6-19-22)26(24,25)21-15-13(16)9-23(20-15)7-10-3-4-11(17)5-14(10)18/h3-6,8-9H,2,7H2,1H3,(H,20,21). The normalized spacial score (nSPS) is 11.7. The van der Waals surface area contributed by atoms with Crippen molar-refractivity contribution in [3.8, 4) is 0 Å². The summed E-state index contributed by atoms with van der Waals surface area (Å²) in [5.41, 5.74) is 0.810. The van der Waals surface area contributed by atoms with Crippen molar-refractivity contribution in [2.24, 2.45) is 0 Å². The van der Waals surface area contributed by atoms with Crippen LogP contribution >= 0.6 is 39.1 Å². The number of nitrogens with zero attached hydrogens (tertiary/aromatic N) is 4. The van der Waals surface area contributed by atoms with Crippen molar-refractivity contribution < 1.29 is 8.42 Å². The van der Waals surface area contributed by atoms with Crippen LogP contribution in [-0.2, 0) is 23.1 Å². The molecule has 0 saturated heterocycles. The Hall–Kier alpha value is -1.55. The van der Waals surface area contributed by atoms with Gasteiger partial charge in [0, 0.05) is 29.0 Å². The third-order valence-corrected chi connectivity index (χ3v) is 6.00. The summed E-state index contributed by atoms with van der Waals surface area (Å²) in [6.45, 7) is 2.82. The lowest BCUT2D eigenvalue weighted by Gasteiger charge is -2.05. The molecule has 2 heterocycles. The van der Waals surface area contributed by atoms with Crippen LogP contribution in [-0.4, -0.2) is 28.0 Å². The minimum absolute atomic E-state index is 0.0709. The van der Waals surface area contributed by atoms with Gasteiger partial charge in [-0.05, 0) is 40.5 Å². The summed E-state index contributed by atoms with van der Waals surface area (Å²) in [6, 6.07) is 5.17. The van der Waals surface area contributed by atoms with Gasteiger partial charge in [0.1, 0.15) is 4.90 Å². The van der Waals surface area contributed by atoms with E-state index in [0.29, 0.717) is 27.6 Å². The van der Waals surface area contributed by atoms with Crippen LogP contribution in [0.4, 0.5) is 5.82 Å². The van der Waals surface area contributed by atoms with Crippen LogP contribution in [0.3, 0.4) is 0 Å². The monoisotopic (exact) mass is 477 g/mol. The maximum atomic E-state index is 12.5. The Morgan fingerprint density at radius 3 is 2.65 bits per heavy atom.